The molecule has 0 aliphatic carbocycles. The van der Waals surface area contributed by atoms with E-state index in [-0.39, 0.29) is 53.7 Å². The number of ether oxygens (including phenoxy) is 1. The number of fused-ring (bicyclic) bond motifs is 1. The smallest absolute Gasteiger partial charge is 0.430 e. The van der Waals surface area contributed by atoms with Crippen molar-refractivity contribution in [1.82, 2.24) is 9.88 Å². The highest BCUT2D eigenvalue weighted by Crippen LogP contribution is 2.39. The molecule has 14 heteroatoms. The number of thiazole rings is 1. The van der Waals surface area contributed by atoms with Gasteiger partial charge in [-0.2, -0.15) is 0 Å². The van der Waals surface area contributed by atoms with Crippen molar-refractivity contribution in [2.24, 2.45) is 5.16 Å². The maximum atomic E-state index is 12.8. The van der Waals surface area contributed by atoms with Crippen molar-refractivity contribution >= 4 is 40.8 Å². The van der Waals surface area contributed by atoms with Crippen LogP contribution in [0.25, 0.3) is 0 Å². The molecule has 0 spiro atoms. The van der Waals surface area contributed by atoms with Gasteiger partial charge < -0.3 is 40.0 Å². The van der Waals surface area contributed by atoms with E-state index in [0.29, 0.717) is 11.3 Å². The van der Waals surface area contributed by atoms with Crippen LogP contribution in [0.1, 0.15) is 21.6 Å². The second-order valence-corrected chi connectivity index (χ2v) is 8.28. The fourth-order valence-electron chi connectivity index (χ4n) is 3.52. The molecule has 1 saturated heterocycles. The summed E-state index contributed by atoms with van der Waals surface area (Å²) in [5.41, 5.74) is 6.17. The monoisotopic (exact) mass is 463 g/mol. The highest BCUT2D eigenvalue weighted by molar-refractivity contribution is 7.13. The summed E-state index contributed by atoms with van der Waals surface area (Å²) in [6.07, 6.45) is -0.249. The van der Waals surface area contributed by atoms with Crippen LogP contribution in [0.15, 0.2) is 22.7 Å². The van der Waals surface area contributed by atoms with Gasteiger partial charge in [0.25, 0.3) is 5.91 Å². The minimum absolute atomic E-state index is 0.00299. The number of benzene rings is 1. The molecule has 1 amide bonds. The molecule has 2 aromatic rings. The molecule has 1 fully saturated rings. The summed E-state index contributed by atoms with van der Waals surface area (Å²) in [7, 11) is 1.31. The summed E-state index contributed by atoms with van der Waals surface area (Å²) in [5, 5.41) is 35.0. The number of nitrogens with two attached hydrogens (primary N) is 1. The van der Waals surface area contributed by atoms with Gasteiger partial charge >= 0.3 is 12.7 Å². The van der Waals surface area contributed by atoms with E-state index in [2.05, 4.69) is 10.1 Å². The first-order valence-electron chi connectivity index (χ1n) is 9.65. The number of carbonyl (C=O) groups is 2. The summed E-state index contributed by atoms with van der Waals surface area (Å²) in [6.45, 7) is -2.79. The zero-order valence-corrected chi connectivity index (χ0v) is 17.7. The molecule has 0 unspecified atom stereocenters. The predicted molar refractivity (Wildman–Crippen MR) is 114 cm³/mol. The van der Waals surface area contributed by atoms with Crippen molar-refractivity contribution in [2.75, 3.05) is 25.9 Å². The van der Waals surface area contributed by atoms with Crippen LogP contribution in [-0.4, -0.2) is 75.7 Å². The van der Waals surface area contributed by atoms with E-state index in [4.69, 9.17) is 20.0 Å². The van der Waals surface area contributed by atoms with E-state index in [1.807, 2.05) is 0 Å². The quantitative estimate of drug-likeness (QED) is 0.257. The number of aromatic nitrogens is 1. The molecule has 12 nitrogen and oxygen atoms in total. The molecule has 0 radical (unpaired) electrons. The maximum absolute atomic E-state index is 12.8. The van der Waals surface area contributed by atoms with Crippen molar-refractivity contribution in [3.05, 3.63) is 34.3 Å². The molecule has 2 aliphatic heterocycles. The molecule has 32 heavy (non-hydrogen) atoms. The number of oxime groups is 1. The summed E-state index contributed by atoms with van der Waals surface area (Å²) < 4.78 is 10.9. The molecule has 3 heterocycles. The van der Waals surface area contributed by atoms with Crippen molar-refractivity contribution in [3.63, 3.8) is 0 Å². The average molecular weight is 463 g/mol. The zero-order chi connectivity index (χ0) is 23.0. The summed E-state index contributed by atoms with van der Waals surface area (Å²) in [6, 6.07) is 3.13. The summed E-state index contributed by atoms with van der Waals surface area (Å²) in [5.74, 6) is -1.86. The lowest BCUT2D eigenvalue weighted by Gasteiger charge is -2.40. The fourth-order valence-corrected chi connectivity index (χ4v) is 4.07. The maximum Gasteiger partial charge on any atom is 0.430 e. The molecular weight excluding hydrogens is 443 g/mol. The van der Waals surface area contributed by atoms with Gasteiger partial charge in [0.1, 0.15) is 30.2 Å². The van der Waals surface area contributed by atoms with E-state index in [0.717, 1.165) is 11.3 Å². The fraction of sp³-hybridized carbons (Fsp3) is 0.333. The van der Waals surface area contributed by atoms with E-state index in [9.17, 15) is 24.7 Å². The van der Waals surface area contributed by atoms with Crippen LogP contribution in [-0.2, 0) is 16.1 Å². The zero-order valence-electron chi connectivity index (χ0n) is 16.9. The number of likely N-dealkylation sites (tertiary alicyclic amines) is 1. The van der Waals surface area contributed by atoms with Gasteiger partial charge in [-0.15, -0.1) is 11.3 Å². The largest absolute Gasteiger partial charge is 0.669 e. The molecule has 1 aromatic carbocycles. The molecule has 4 rings (SSSR count). The number of amides is 1. The van der Waals surface area contributed by atoms with E-state index < -0.39 is 24.7 Å². The number of nitrogen functional groups attached to an aromatic ring is 1. The molecule has 0 bridgehead atoms. The first kappa shape index (κ1) is 21.9. The van der Waals surface area contributed by atoms with Crippen molar-refractivity contribution < 1.29 is 39.0 Å². The average Bonchev–Trinajstić information content (AvgIpc) is 3.12. The topological polar surface area (TPSA) is 177 Å². The number of nitrogens with zero attached hydrogens (tertiary/aromatic N) is 3. The Kier molecular flexibility index (Phi) is 5.67. The predicted octanol–water partition coefficient (Wildman–Crippen LogP) is -0.0778. The van der Waals surface area contributed by atoms with Crippen molar-refractivity contribution in [1.29, 1.82) is 0 Å². The lowest BCUT2D eigenvalue weighted by molar-refractivity contribution is -0.132. The van der Waals surface area contributed by atoms with Crippen molar-refractivity contribution in [2.45, 2.75) is 18.8 Å². The molecule has 5 N–H and O–H groups in total. The van der Waals surface area contributed by atoms with Crippen molar-refractivity contribution in [3.8, 4) is 11.5 Å². The first-order chi connectivity index (χ1) is 15.2. The highest BCUT2D eigenvalue weighted by atomic mass is 32.1. The van der Waals surface area contributed by atoms with Gasteiger partial charge in [0.2, 0.25) is 0 Å². The van der Waals surface area contributed by atoms with E-state index in [1.54, 1.807) is 11.4 Å². The number of carboxylic acid groups (broad SMARTS) is 1. The Hall–Kier alpha value is -3.36. The van der Waals surface area contributed by atoms with Gasteiger partial charge in [0.15, 0.2) is 10.8 Å². The number of anilines is 1. The SMILES string of the molecule is CON=C(C(=O)N1CC(Oc2ccc3c(c2C(=O)O)O[B-](O)(O)CC3)C1)c1csc(N)n1. The Balaban J connectivity index is 1.48. The Morgan fingerprint density at radius 1 is 1.38 bits per heavy atom. The molecule has 1 aromatic heterocycles. The molecule has 2 aliphatic rings. The van der Waals surface area contributed by atoms with Gasteiger partial charge in [0.05, 0.1) is 18.8 Å². The van der Waals surface area contributed by atoms with Crippen LogP contribution in [0, 0.1) is 0 Å². The Labute approximate surface area is 185 Å². The third-order valence-corrected chi connectivity index (χ3v) is 5.76. The standard InChI is InChI=1S/C18H20BN4O8S/c1-29-22-14(11-8-32-18(20)21-11)16(24)23-6-10(7-23)30-12-3-2-9-4-5-19(27,28)31-15(9)13(12)17(25)26/h2-3,8,10,27-28H,4-7H2,1H3,(H2,20,21)(H,25,26)/q-1. The molecular formula is C18H20BN4O8S-. The summed E-state index contributed by atoms with van der Waals surface area (Å²) >= 11 is 1.16. The first-order valence-corrected chi connectivity index (χ1v) is 10.5. The van der Waals surface area contributed by atoms with Crippen LogP contribution in [0.3, 0.4) is 0 Å². The Bertz CT molecular complexity index is 1100. The number of hydrogen-bond acceptors (Lipinski definition) is 11. The normalized spacial score (nSPS) is 17.7. The van der Waals surface area contributed by atoms with E-state index in [1.165, 1.54) is 18.1 Å². The number of hydrogen-bond donors (Lipinski definition) is 4. The third kappa shape index (κ3) is 4.19. The van der Waals surface area contributed by atoms with Crippen LogP contribution >= 0.6 is 11.3 Å². The van der Waals surface area contributed by atoms with Crippen LogP contribution in [0.5, 0.6) is 11.5 Å². The number of aryl methyl sites for hydroxylation is 1. The number of carboxylic acids is 1. The lowest BCUT2D eigenvalue weighted by Crippen LogP contribution is -2.58. The second-order valence-electron chi connectivity index (χ2n) is 7.39. The van der Waals surface area contributed by atoms with Crippen LogP contribution in [0.2, 0.25) is 6.32 Å². The van der Waals surface area contributed by atoms with Gasteiger partial charge in [-0.05, 0) is 18.1 Å². The lowest BCUT2D eigenvalue weighted by atomic mass is 9.70. The van der Waals surface area contributed by atoms with Gasteiger partial charge in [0, 0.05) is 5.38 Å². The Morgan fingerprint density at radius 3 is 2.75 bits per heavy atom. The van der Waals surface area contributed by atoms with Gasteiger partial charge in [-0.3, -0.25) is 4.79 Å². The third-order valence-electron chi connectivity index (χ3n) is 5.09. The Morgan fingerprint density at radius 2 is 2.12 bits per heavy atom. The molecule has 0 atom stereocenters. The number of carbonyl (C=O) groups excluding carboxylic acids is 1. The van der Waals surface area contributed by atoms with E-state index >= 15 is 0 Å². The number of aromatic carboxylic acids is 1. The van der Waals surface area contributed by atoms with Crippen LogP contribution < -0.4 is 15.1 Å². The highest BCUT2D eigenvalue weighted by Gasteiger charge is 2.38. The molecule has 0 saturated carbocycles. The van der Waals surface area contributed by atoms with Crippen LogP contribution in [0.4, 0.5) is 5.13 Å². The number of rotatable bonds is 6. The second kappa shape index (κ2) is 8.29. The minimum atomic E-state index is -3.13. The minimum Gasteiger partial charge on any atom is -0.669 e. The summed E-state index contributed by atoms with van der Waals surface area (Å²) in [4.78, 5) is 34.9. The van der Waals surface area contributed by atoms with Gasteiger partial charge in [-0.25, -0.2) is 9.78 Å². The molecule has 170 valence electrons. The van der Waals surface area contributed by atoms with Gasteiger partial charge in [-0.1, -0.05) is 17.5 Å².